The minimum Gasteiger partial charge on any atom is -0.462 e. The molecule has 9 nitrogen and oxygen atoms in total. The van der Waals surface area contributed by atoms with E-state index >= 15 is 0 Å². The number of nitrogens with zero attached hydrogens (tertiary/aromatic N) is 1. The minimum absolute atomic E-state index is 0.0177. The van der Waals surface area contributed by atoms with Crippen molar-refractivity contribution in [3.8, 4) is 0 Å². The summed E-state index contributed by atoms with van der Waals surface area (Å²) in [5, 5.41) is 0. The highest BCUT2D eigenvalue weighted by Crippen LogP contribution is 2.43. The lowest BCUT2D eigenvalue weighted by Crippen LogP contribution is -2.37. The molecule has 0 radical (unpaired) electrons. The molecule has 2 unspecified atom stereocenters. The zero-order chi connectivity index (χ0) is 58.4. The summed E-state index contributed by atoms with van der Waals surface area (Å²) in [7, 11) is 1.44. The molecule has 0 spiro atoms. The summed E-state index contributed by atoms with van der Waals surface area (Å²) in [4.78, 5) is 35.8. The number of phosphoric acid groups is 1. The molecule has 0 aromatic carbocycles. The second kappa shape index (κ2) is 59.3. The van der Waals surface area contributed by atoms with Gasteiger partial charge in [0.05, 0.1) is 27.7 Å². The van der Waals surface area contributed by atoms with Gasteiger partial charge in [0, 0.05) is 12.8 Å². The van der Waals surface area contributed by atoms with Crippen LogP contribution in [0.15, 0.2) is 158 Å². The molecule has 0 saturated heterocycles. The Balaban J connectivity index is 4.21. The van der Waals surface area contributed by atoms with Crippen molar-refractivity contribution in [3.63, 3.8) is 0 Å². The van der Waals surface area contributed by atoms with E-state index in [-0.39, 0.29) is 26.1 Å². The van der Waals surface area contributed by atoms with Gasteiger partial charge in [0.2, 0.25) is 0 Å². The van der Waals surface area contributed by atoms with Gasteiger partial charge in [0.25, 0.3) is 0 Å². The Morgan fingerprint density at radius 1 is 0.388 bits per heavy atom. The molecule has 0 aliphatic heterocycles. The highest BCUT2D eigenvalue weighted by atomic mass is 31.2. The molecule has 0 bridgehead atoms. The number of likely N-dealkylation sites (N-methyl/N-ethyl adjacent to an activating group) is 1. The predicted molar refractivity (Wildman–Crippen MR) is 343 cm³/mol. The number of esters is 2. The van der Waals surface area contributed by atoms with Crippen LogP contribution in [-0.4, -0.2) is 74.9 Å². The summed E-state index contributed by atoms with van der Waals surface area (Å²) >= 11 is 0. The molecule has 0 aromatic heterocycles. The molecule has 0 fully saturated rings. The third kappa shape index (κ3) is 62.8. The lowest BCUT2D eigenvalue weighted by atomic mass is 10.0. The van der Waals surface area contributed by atoms with E-state index in [4.69, 9.17) is 18.5 Å². The van der Waals surface area contributed by atoms with Crippen molar-refractivity contribution >= 4 is 19.8 Å². The topological polar surface area (TPSA) is 108 Å². The standard InChI is InChI=1S/C70H114NO8P/c1-6-8-10-12-14-16-18-20-22-24-26-28-30-31-32-33-34-35-36-37-38-39-41-43-45-47-49-51-53-55-57-59-61-63-70(73)79-68(67-78-80(74,75)77-65-64-71(3,4)5)66-76-69(72)62-60-58-56-54-52-50-48-46-44-42-40-29-27-25-23-21-19-17-15-13-11-9-7-2/h8-11,14-17,20-23,26-29,31-32,34-35,37-38,42,44,48,50,68H,6-7,12-13,18-19,24-25,30,33,36,39-41,43,45-47,49,51-67H2,1-5H3/p+1/b10-8-,11-9-,16-14-,17-15-,22-20-,23-21-,28-26-,29-27-,32-31-,35-34-,38-37-,44-42-,50-48-. The van der Waals surface area contributed by atoms with Crippen LogP contribution in [0, 0.1) is 0 Å². The monoisotopic (exact) mass is 1130 g/mol. The number of unbranched alkanes of at least 4 members (excludes halogenated alkanes) is 15. The number of hydrogen-bond donors (Lipinski definition) is 1. The molecular formula is C70H115NO8P+. The lowest BCUT2D eigenvalue weighted by molar-refractivity contribution is -0.870. The number of carbonyl (C=O) groups excluding carboxylic acids is 2. The Morgan fingerprint density at radius 3 is 1.00 bits per heavy atom. The lowest BCUT2D eigenvalue weighted by Gasteiger charge is -2.24. The molecule has 80 heavy (non-hydrogen) atoms. The van der Waals surface area contributed by atoms with Gasteiger partial charge in [-0.15, -0.1) is 0 Å². The van der Waals surface area contributed by atoms with E-state index in [0.717, 1.165) is 135 Å². The van der Waals surface area contributed by atoms with Gasteiger partial charge >= 0.3 is 19.8 Å². The maximum absolute atomic E-state index is 12.8. The molecule has 0 heterocycles. The zero-order valence-electron chi connectivity index (χ0n) is 51.2. The van der Waals surface area contributed by atoms with Crippen LogP contribution in [0.4, 0.5) is 0 Å². The van der Waals surface area contributed by atoms with Crippen molar-refractivity contribution in [1.82, 2.24) is 0 Å². The Hall–Kier alpha value is -4.37. The van der Waals surface area contributed by atoms with E-state index in [1.165, 1.54) is 44.9 Å². The van der Waals surface area contributed by atoms with Crippen LogP contribution in [0.1, 0.15) is 219 Å². The van der Waals surface area contributed by atoms with Crippen molar-refractivity contribution in [1.29, 1.82) is 0 Å². The number of phosphoric ester groups is 1. The summed E-state index contributed by atoms with van der Waals surface area (Å²) in [6, 6.07) is 0. The molecule has 1 N–H and O–H groups in total. The van der Waals surface area contributed by atoms with Crippen LogP contribution in [0.2, 0.25) is 0 Å². The average Bonchev–Trinajstić information content (AvgIpc) is 3.42. The molecule has 10 heteroatoms. The third-order valence-corrected chi connectivity index (χ3v) is 13.5. The van der Waals surface area contributed by atoms with E-state index in [1.54, 1.807) is 0 Å². The van der Waals surface area contributed by atoms with Crippen LogP contribution in [-0.2, 0) is 32.7 Å². The number of carbonyl (C=O) groups is 2. The first-order valence-corrected chi connectivity index (χ1v) is 32.7. The first kappa shape index (κ1) is 75.6. The van der Waals surface area contributed by atoms with Gasteiger partial charge in [-0.3, -0.25) is 18.6 Å². The summed E-state index contributed by atoms with van der Waals surface area (Å²) in [5.41, 5.74) is 0. The van der Waals surface area contributed by atoms with Gasteiger partial charge in [-0.25, -0.2) is 4.57 Å². The summed E-state index contributed by atoms with van der Waals surface area (Å²) < 4.78 is 34.6. The van der Waals surface area contributed by atoms with E-state index in [1.807, 2.05) is 21.1 Å². The summed E-state index contributed by atoms with van der Waals surface area (Å²) in [6.07, 6.45) is 88.9. The Morgan fingerprint density at radius 2 is 0.675 bits per heavy atom. The summed E-state index contributed by atoms with van der Waals surface area (Å²) in [5.74, 6) is -0.841. The SMILES string of the molecule is CC/C=C\C/C=C\C/C=C\C/C=C\C/C=C\C/C=C\C/C=C\CCCCCCCCCCCCCC(=O)OC(COC(=O)CCCCCC/C=C\C/C=C\C/C=C\C/C=C\C/C=C\C/C=C\CC)COP(=O)(O)OCC[N+](C)(C)C. The molecule has 0 aliphatic carbocycles. The third-order valence-electron chi connectivity index (χ3n) is 12.6. The van der Waals surface area contributed by atoms with Crippen LogP contribution in [0.25, 0.3) is 0 Å². The Labute approximate surface area is 490 Å². The smallest absolute Gasteiger partial charge is 0.462 e. The molecule has 2 atom stereocenters. The van der Waals surface area contributed by atoms with Crippen LogP contribution >= 0.6 is 7.82 Å². The largest absolute Gasteiger partial charge is 0.472 e. The highest BCUT2D eigenvalue weighted by molar-refractivity contribution is 7.47. The number of ether oxygens (including phenoxy) is 2. The molecule has 452 valence electrons. The van der Waals surface area contributed by atoms with Crippen LogP contribution < -0.4 is 0 Å². The number of rotatable bonds is 55. The van der Waals surface area contributed by atoms with Crippen LogP contribution in [0.5, 0.6) is 0 Å². The number of hydrogen-bond acceptors (Lipinski definition) is 7. The van der Waals surface area contributed by atoms with E-state index in [2.05, 4.69) is 172 Å². The zero-order valence-corrected chi connectivity index (χ0v) is 52.1. The van der Waals surface area contributed by atoms with Gasteiger partial charge in [0.15, 0.2) is 6.10 Å². The van der Waals surface area contributed by atoms with Crippen molar-refractivity contribution in [2.24, 2.45) is 0 Å². The Bertz CT molecular complexity index is 1900. The average molecular weight is 1130 g/mol. The molecule has 0 saturated carbocycles. The van der Waals surface area contributed by atoms with Gasteiger partial charge in [-0.1, -0.05) is 242 Å². The van der Waals surface area contributed by atoms with Gasteiger partial charge in [-0.05, 0) is 122 Å². The fourth-order valence-electron chi connectivity index (χ4n) is 7.82. The van der Waals surface area contributed by atoms with Crippen molar-refractivity contribution in [2.45, 2.75) is 225 Å². The van der Waals surface area contributed by atoms with E-state index < -0.39 is 32.5 Å². The predicted octanol–water partition coefficient (Wildman–Crippen LogP) is 20.0. The molecular weight excluding hydrogens is 1010 g/mol. The maximum atomic E-state index is 12.8. The summed E-state index contributed by atoms with van der Waals surface area (Å²) in [6.45, 7) is 4.15. The van der Waals surface area contributed by atoms with Crippen LogP contribution in [0.3, 0.4) is 0 Å². The molecule has 0 aromatic rings. The molecule has 0 aliphatic rings. The number of quaternary nitrogens is 1. The van der Waals surface area contributed by atoms with E-state index in [9.17, 15) is 19.0 Å². The highest BCUT2D eigenvalue weighted by Gasteiger charge is 2.27. The first-order chi connectivity index (χ1) is 39.0. The quantitative estimate of drug-likeness (QED) is 0.0211. The van der Waals surface area contributed by atoms with Crippen molar-refractivity contribution < 1.29 is 42.1 Å². The molecule has 0 rings (SSSR count). The normalized spacial score (nSPS) is 14.3. The minimum atomic E-state index is -4.41. The second-order valence-corrected chi connectivity index (χ2v) is 22.8. The fraction of sp³-hybridized carbons (Fsp3) is 0.600. The molecule has 0 amide bonds. The van der Waals surface area contributed by atoms with Gasteiger partial charge in [0.1, 0.15) is 19.8 Å². The number of allylic oxidation sites excluding steroid dienone is 26. The maximum Gasteiger partial charge on any atom is 0.472 e. The van der Waals surface area contributed by atoms with Gasteiger partial charge in [-0.2, -0.15) is 0 Å². The first-order valence-electron chi connectivity index (χ1n) is 31.2. The van der Waals surface area contributed by atoms with E-state index in [0.29, 0.717) is 23.9 Å². The second-order valence-electron chi connectivity index (χ2n) is 21.3. The fourth-order valence-corrected chi connectivity index (χ4v) is 8.56. The Kier molecular flexibility index (Phi) is 56.0. The van der Waals surface area contributed by atoms with Crippen molar-refractivity contribution in [2.75, 3.05) is 47.5 Å². The van der Waals surface area contributed by atoms with Crippen molar-refractivity contribution in [3.05, 3.63) is 158 Å². The van der Waals surface area contributed by atoms with Gasteiger partial charge < -0.3 is 18.9 Å².